The zero-order chi connectivity index (χ0) is 14.0. The molecule has 104 valence electrons. The summed E-state index contributed by atoms with van der Waals surface area (Å²) in [4.78, 5) is 32.3. The number of nitrogens with two attached hydrogens (primary N) is 2. The number of carbonyl (C=O) groups is 3. The third-order valence-corrected chi connectivity index (χ3v) is 2.21. The molecule has 0 aromatic heterocycles. The second kappa shape index (κ2) is 9.37. The molecular weight excluding hydrogens is 240 g/mol. The Morgan fingerprint density at radius 3 is 2.33 bits per heavy atom. The molecule has 0 rings (SSSR count). The van der Waals surface area contributed by atoms with E-state index in [1.807, 2.05) is 0 Å². The number of nitrogens with one attached hydrogen (secondary N) is 2. The minimum absolute atomic E-state index is 0.106. The van der Waals surface area contributed by atoms with Crippen LogP contribution in [0, 0.1) is 0 Å². The van der Waals surface area contributed by atoms with E-state index < -0.39 is 17.9 Å². The van der Waals surface area contributed by atoms with Crippen molar-refractivity contribution in [3.05, 3.63) is 0 Å². The molecule has 7 N–H and O–H groups in total. The zero-order valence-corrected chi connectivity index (χ0v) is 10.1. The SMILES string of the molecule is NCC(=O)NCC(=O)NCCCC[C@H](N)C(=O)O. The summed E-state index contributed by atoms with van der Waals surface area (Å²) >= 11 is 0. The minimum Gasteiger partial charge on any atom is -0.480 e. The Hall–Kier alpha value is -1.67. The van der Waals surface area contributed by atoms with Crippen molar-refractivity contribution in [2.45, 2.75) is 25.3 Å². The van der Waals surface area contributed by atoms with Crippen LogP contribution in [0.1, 0.15) is 19.3 Å². The van der Waals surface area contributed by atoms with Gasteiger partial charge in [-0.05, 0) is 19.3 Å². The first-order valence-corrected chi connectivity index (χ1v) is 5.69. The van der Waals surface area contributed by atoms with Gasteiger partial charge in [-0.25, -0.2) is 0 Å². The Kier molecular flexibility index (Phi) is 8.50. The molecule has 0 aliphatic rings. The van der Waals surface area contributed by atoms with E-state index in [0.29, 0.717) is 25.8 Å². The first-order chi connectivity index (χ1) is 8.47. The predicted molar refractivity (Wildman–Crippen MR) is 64.5 cm³/mol. The molecule has 2 amide bonds. The molecule has 8 heteroatoms. The second-order valence-electron chi connectivity index (χ2n) is 3.77. The molecule has 0 unspecified atom stereocenters. The van der Waals surface area contributed by atoms with E-state index in [0.717, 1.165) is 0 Å². The normalized spacial score (nSPS) is 11.7. The van der Waals surface area contributed by atoms with Crippen molar-refractivity contribution in [1.82, 2.24) is 10.6 Å². The van der Waals surface area contributed by atoms with Crippen LogP contribution in [0.4, 0.5) is 0 Å². The van der Waals surface area contributed by atoms with Gasteiger partial charge in [-0.15, -0.1) is 0 Å². The highest BCUT2D eigenvalue weighted by molar-refractivity contribution is 5.85. The second-order valence-corrected chi connectivity index (χ2v) is 3.77. The van der Waals surface area contributed by atoms with Crippen molar-refractivity contribution < 1.29 is 19.5 Å². The van der Waals surface area contributed by atoms with E-state index in [1.54, 1.807) is 0 Å². The maximum absolute atomic E-state index is 11.2. The Balaban J connectivity index is 3.46. The number of amides is 2. The van der Waals surface area contributed by atoms with Crippen LogP contribution in [0.2, 0.25) is 0 Å². The van der Waals surface area contributed by atoms with Gasteiger partial charge in [0.1, 0.15) is 6.04 Å². The fourth-order valence-corrected chi connectivity index (χ4v) is 1.15. The van der Waals surface area contributed by atoms with Crippen LogP contribution in [0.15, 0.2) is 0 Å². The van der Waals surface area contributed by atoms with E-state index in [1.165, 1.54) is 0 Å². The highest BCUT2D eigenvalue weighted by Gasteiger charge is 2.10. The van der Waals surface area contributed by atoms with Gasteiger partial charge < -0.3 is 27.2 Å². The summed E-state index contributed by atoms with van der Waals surface area (Å²) in [5, 5.41) is 13.4. The lowest BCUT2D eigenvalue weighted by atomic mass is 10.1. The van der Waals surface area contributed by atoms with Crippen molar-refractivity contribution in [2.24, 2.45) is 11.5 Å². The molecule has 8 nitrogen and oxygen atoms in total. The Bertz CT molecular complexity index is 296. The molecule has 0 aliphatic heterocycles. The number of hydrogen-bond acceptors (Lipinski definition) is 5. The topological polar surface area (TPSA) is 148 Å². The molecule has 0 saturated carbocycles. The molecule has 0 fully saturated rings. The lowest BCUT2D eigenvalue weighted by Crippen LogP contribution is -2.39. The number of carboxylic acid groups (broad SMARTS) is 1. The van der Waals surface area contributed by atoms with Crippen LogP contribution < -0.4 is 22.1 Å². The molecule has 0 aliphatic carbocycles. The summed E-state index contributed by atoms with van der Waals surface area (Å²) < 4.78 is 0. The first kappa shape index (κ1) is 16.3. The van der Waals surface area contributed by atoms with Crippen LogP contribution in [0.5, 0.6) is 0 Å². The molecule has 0 saturated heterocycles. The van der Waals surface area contributed by atoms with Crippen molar-refractivity contribution in [3.8, 4) is 0 Å². The van der Waals surface area contributed by atoms with E-state index in [2.05, 4.69) is 10.6 Å². The zero-order valence-electron chi connectivity index (χ0n) is 10.1. The molecule has 0 bridgehead atoms. The van der Waals surface area contributed by atoms with Gasteiger partial charge in [0, 0.05) is 6.54 Å². The number of hydrogen-bond donors (Lipinski definition) is 5. The lowest BCUT2D eigenvalue weighted by molar-refractivity contribution is -0.138. The fourth-order valence-electron chi connectivity index (χ4n) is 1.15. The summed E-state index contributed by atoms with van der Waals surface area (Å²) in [6, 6.07) is -0.857. The largest absolute Gasteiger partial charge is 0.480 e. The fraction of sp³-hybridized carbons (Fsp3) is 0.700. The van der Waals surface area contributed by atoms with Gasteiger partial charge in [-0.2, -0.15) is 0 Å². The molecule has 0 heterocycles. The third-order valence-electron chi connectivity index (χ3n) is 2.21. The van der Waals surface area contributed by atoms with E-state index in [9.17, 15) is 14.4 Å². The average molecular weight is 260 g/mol. The average Bonchev–Trinajstić information content (AvgIpc) is 2.34. The minimum atomic E-state index is -1.02. The smallest absolute Gasteiger partial charge is 0.320 e. The van der Waals surface area contributed by atoms with Crippen LogP contribution in [0.3, 0.4) is 0 Å². The highest BCUT2D eigenvalue weighted by Crippen LogP contribution is 1.97. The van der Waals surface area contributed by atoms with Gasteiger partial charge in [-0.1, -0.05) is 0 Å². The quantitative estimate of drug-likeness (QED) is 0.296. The molecule has 18 heavy (non-hydrogen) atoms. The monoisotopic (exact) mass is 260 g/mol. The van der Waals surface area contributed by atoms with Crippen molar-refractivity contribution in [1.29, 1.82) is 0 Å². The van der Waals surface area contributed by atoms with Crippen LogP contribution in [-0.4, -0.2) is 48.6 Å². The van der Waals surface area contributed by atoms with Gasteiger partial charge in [0.2, 0.25) is 11.8 Å². The molecular formula is C10H20N4O4. The maximum Gasteiger partial charge on any atom is 0.320 e. The van der Waals surface area contributed by atoms with Gasteiger partial charge in [-0.3, -0.25) is 14.4 Å². The van der Waals surface area contributed by atoms with Gasteiger partial charge in [0.05, 0.1) is 13.1 Å². The van der Waals surface area contributed by atoms with E-state index >= 15 is 0 Å². The number of carboxylic acids is 1. The number of carbonyl (C=O) groups excluding carboxylic acids is 2. The maximum atomic E-state index is 11.2. The molecule has 1 atom stereocenters. The Labute approximate surface area is 105 Å². The number of unbranched alkanes of at least 4 members (excludes halogenated alkanes) is 1. The van der Waals surface area contributed by atoms with Crippen molar-refractivity contribution in [3.63, 3.8) is 0 Å². The summed E-state index contributed by atoms with van der Waals surface area (Å²) in [6.07, 6.45) is 1.62. The molecule has 0 spiro atoms. The first-order valence-electron chi connectivity index (χ1n) is 5.69. The molecule has 0 radical (unpaired) electrons. The third kappa shape index (κ3) is 8.48. The van der Waals surface area contributed by atoms with Gasteiger partial charge in [0.15, 0.2) is 0 Å². The van der Waals surface area contributed by atoms with Crippen LogP contribution in [0.25, 0.3) is 0 Å². The van der Waals surface area contributed by atoms with E-state index in [-0.39, 0.29) is 19.0 Å². The Morgan fingerprint density at radius 1 is 1.11 bits per heavy atom. The van der Waals surface area contributed by atoms with Gasteiger partial charge in [0.25, 0.3) is 0 Å². The van der Waals surface area contributed by atoms with Crippen LogP contribution in [-0.2, 0) is 14.4 Å². The summed E-state index contributed by atoms with van der Waals surface area (Å²) in [6.45, 7) is 0.161. The van der Waals surface area contributed by atoms with Crippen molar-refractivity contribution >= 4 is 17.8 Å². The number of aliphatic carboxylic acids is 1. The summed E-state index contributed by atoms with van der Waals surface area (Å²) in [5.41, 5.74) is 10.4. The van der Waals surface area contributed by atoms with Gasteiger partial charge >= 0.3 is 5.97 Å². The Morgan fingerprint density at radius 2 is 1.78 bits per heavy atom. The summed E-state index contributed by atoms with van der Waals surface area (Å²) in [7, 11) is 0. The number of rotatable bonds is 9. The molecule has 0 aromatic carbocycles. The van der Waals surface area contributed by atoms with E-state index in [4.69, 9.17) is 16.6 Å². The van der Waals surface area contributed by atoms with Crippen molar-refractivity contribution in [2.75, 3.05) is 19.6 Å². The molecule has 0 aromatic rings. The highest BCUT2D eigenvalue weighted by atomic mass is 16.4. The predicted octanol–water partition coefficient (Wildman–Crippen LogP) is -2.24. The lowest BCUT2D eigenvalue weighted by Gasteiger charge is -2.07. The summed E-state index contributed by atoms with van der Waals surface area (Å²) in [5.74, 6) is -1.72. The standard InChI is InChI=1S/C10H20N4O4/c11-5-8(15)14-6-9(16)13-4-2-1-3-7(12)10(17)18/h7H,1-6,11-12H2,(H,13,16)(H,14,15)(H,17,18)/t7-/m0/s1. The van der Waals surface area contributed by atoms with Crippen LogP contribution >= 0.6 is 0 Å².